The van der Waals surface area contributed by atoms with Gasteiger partial charge in [-0.1, -0.05) is 6.07 Å². The maximum Gasteiger partial charge on any atom is 0.308 e. The van der Waals surface area contributed by atoms with Gasteiger partial charge in [-0.05, 0) is 37.5 Å². The molecule has 9 nitrogen and oxygen atoms in total. The SMILES string of the molecule is Cc1ccc(C(=O)NCCC(=O)OCC(=O)N2CCC[C@H](C(N)=O)C2)c(O)c1. The third-order valence-electron chi connectivity index (χ3n) is 4.55. The molecule has 1 heterocycles. The number of aromatic hydroxyl groups is 1. The molecule has 1 aromatic rings. The van der Waals surface area contributed by atoms with E-state index in [1.165, 1.54) is 17.0 Å². The van der Waals surface area contributed by atoms with Crippen LogP contribution in [0.4, 0.5) is 0 Å². The quantitative estimate of drug-likeness (QED) is 0.563. The lowest BCUT2D eigenvalue weighted by molar-refractivity contribution is -0.153. The monoisotopic (exact) mass is 391 g/mol. The Hall–Kier alpha value is -3.10. The van der Waals surface area contributed by atoms with Gasteiger partial charge in [-0.2, -0.15) is 0 Å². The van der Waals surface area contributed by atoms with Gasteiger partial charge in [0, 0.05) is 19.6 Å². The first-order valence-corrected chi connectivity index (χ1v) is 9.08. The Bertz CT molecular complexity index is 764. The van der Waals surface area contributed by atoms with Crippen molar-refractivity contribution < 1.29 is 29.0 Å². The molecular formula is C19H25N3O6. The van der Waals surface area contributed by atoms with Gasteiger partial charge in [0.1, 0.15) is 5.75 Å². The normalized spacial score (nSPS) is 16.3. The number of hydrogen-bond donors (Lipinski definition) is 3. The molecular weight excluding hydrogens is 366 g/mol. The molecule has 28 heavy (non-hydrogen) atoms. The van der Waals surface area contributed by atoms with Crippen LogP contribution in [0.3, 0.4) is 0 Å². The van der Waals surface area contributed by atoms with Gasteiger partial charge in [-0.3, -0.25) is 19.2 Å². The third-order valence-corrected chi connectivity index (χ3v) is 4.55. The lowest BCUT2D eigenvalue weighted by Crippen LogP contribution is -2.45. The van der Waals surface area contributed by atoms with E-state index in [0.29, 0.717) is 19.4 Å². The molecule has 3 amide bonds. The summed E-state index contributed by atoms with van der Waals surface area (Å²) >= 11 is 0. The lowest BCUT2D eigenvalue weighted by Gasteiger charge is -2.31. The van der Waals surface area contributed by atoms with Crippen LogP contribution >= 0.6 is 0 Å². The van der Waals surface area contributed by atoms with Gasteiger partial charge in [-0.25, -0.2) is 0 Å². The standard InChI is InChI=1S/C19H25N3O6/c1-12-4-5-14(15(23)9-12)19(27)21-7-6-17(25)28-11-16(24)22-8-2-3-13(10-22)18(20)26/h4-5,9,13,23H,2-3,6-8,10-11H2,1H3,(H2,20,26)(H,21,27)/t13-/m0/s1. The topological polar surface area (TPSA) is 139 Å². The van der Waals surface area contributed by atoms with Gasteiger partial charge < -0.3 is 25.8 Å². The second kappa shape index (κ2) is 9.72. The molecule has 1 saturated heterocycles. The maximum absolute atomic E-state index is 12.1. The zero-order valence-electron chi connectivity index (χ0n) is 15.8. The van der Waals surface area contributed by atoms with Gasteiger partial charge in [0.25, 0.3) is 11.8 Å². The molecule has 1 aliphatic rings. The predicted molar refractivity (Wildman–Crippen MR) is 99.3 cm³/mol. The smallest absolute Gasteiger partial charge is 0.308 e. The predicted octanol–water partition coefficient (Wildman–Crippen LogP) is 0.0876. The number of hydrogen-bond acceptors (Lipinski definition) is 6. The second-order valence-electron chi connectivity index (χ2n) is 6.77. The minimum absolute atomic E-state index is 0.00658. The zero-order valence-corrected chi connectivity index (χ0v) is 15.8. The van der Waals surface area contributed by atoms with Crippen molar-refractivity contribution in [2.45, 2.75) is 26.2 Å². The molecule has 2 rings (SSSR count). The Labute approximate surface area is 162 Å². The molecule has 1 aliphatic heterocycles. The molecule has 0 unspecified atom stereocenters. The number of amides is 3. The Morgan fingerprint density at radius 2 is 2.07 bits per heavy atom. The van der Waals surface area contributed by atoms with E-state index in [2.05, 4.69) is 5.32 Å². The minimum Gasteiger partial charge on any atom is -0.507 e. The van der Waals surface area contributed by atoms with Crippen molar-refractivity contribution in [2.75, 3.05) is 26.2 Å². The molecule has 1 aromatic carbocycles. The average molecular weight is 391 g/mol. The number of aryl methyl sites for hydroxylation is 1. The van der Waals surface area contributed by atoms with Gasteiger partial charge in [-0.15, -0.1) is 0 Å². The second-order valence-corrected chi connectivity index (χ2v) is 6.77. The number of carbonyl (C=O) groups is 4. The van der Waals surface area contributed by atoms with Gasteiger partial charge >= 0.3 is 5.97 Å². The average Bonchev–Trinajstić information content (AvgIpc) is 2.66. The first-order valence-electron chi connectivity index (χ1n) is 9.08. The van der Waals surface area contributed by atoms with Crippen LogP contribution in [0, 0.1) is 12.8 Å². The summed E-state index contributed by atoms with van der Waals surface area (Å²) in [6.45, 7) is 2.11. The van der Waals surface area contributed by atoms with Crippen molar-refractivity contribution in [3.63, 3.8) is 0 Å². The van der Waals surface area contributed by atoms with Crippen LogP contribution in [-0.2, 0) is 19.1 Å². The molecule has 9 heteroatoms. The number of nitrogens with two attached hydrogens (primary N) is 1. The number of primary amides is 1. The number of likely N-dealkylation sites (tertiary alicyclic amines) is 1. The summed E-state index contributed by atoms with van der Waals surface area (Å²) in [5, 5.41) is 12.3. The van der Waals surface area contributed by atoms with Crippen molar-refractivity contribution in [3.05, 3.63) is 29.3 Å². The van der Waals surface area contributed by atoms with Crippen LogP contribution in [0.2, 0.25) is 0 Å². The highest BCUT2D eigenvalue weighted by atomic mass is 16.5. The van der Waals surface area contributed by atoms with Crippen molar-refractivity contribution in [1.82, 2.24) is 10.2 Å². The van der Waals surface area contributed by atoms with Crippen LogP contribution in [-0.4, -0.2) is 59.9 Å². The molecule has 152 valence electrons. The Morgan fingerprint density at radius 1 is 1.32 bits per heavy atom. The fraction of sp³-hybridized carbons (Fsp3) is 0.474. The van der Waals surface area contributed by atoms with E-state index in [0.717, 1.165) is 5.56 Å². The number of piperidine rings is 1. The fourth-order valence-corrected chi connectivity index (χ4v) is 2.95. The summed E-state index contributed by atoms with van der Waals surface area (Å²) in [6, 6.07) is 4.66. The third kappa shape index (κ3) is 5.97. The van der Waals surface area contributed by atoms with Crippen LogP contribution in [0.5, 0.6) is 5.75 Å². The van der Waals surface area contributed by atoms with Crippen molar-refractivity contribution in [1.29, 1.82) is 0 Å². The zero-order chi connectivity index (χ0) is 20.7. The van der Waals surface area contributed by atoms with E-state index >= 15 is 0 Å². The first-order chi connectivity index (χ1) is 13.3. The number of esters is 1. The van der Waals surface area contributed by atoms with Crippen molar-refractivity contribution >= 4 is 23.7 Å². The highest BCUT2D eigenvalue weighted by Gasteiger charge is 2.27. The molecule has 0 aromatic heterocycles. The summed E-state index contributed by atoms with van der Waals surface area (Å²) in [7, 11) is 0. The summed E-state index contributed by atoms with van der Waals surface area (Å²) in [6.07, 6.45) is 1.20. The van der Waals surface area contributed by atoms with Crippen molar-refractivity contribution in [3.8, 4) is 5.75 Å². The molecule has 1 fully saturated rings. The van der Waals surface area contributed by atoms with Gasteiger partial charge in [0.15, 0.2) is 6.61 Å². The molecule has 0 saturated carbocycles. The largest absolute Gasteiger partial charge is 0.507 e. The van der Waals surface area contributed by atoms with Gasteiger partial charge in [0.05, 0.1) is 17.9 Å². The van der Waals surface area contributed by atoms with E-state index in [4.69, 9.17) is 10.5 Å². The Kier molecular flexibility index (Phi) is 7.36. The number of phenolic OH excluding ortho intramolecular Hbond substituents is 1. The maximum atomic E-state index is 12.1. The number of benzene rings is 1. The minimum atomic E-state index is -0.634. The molecule has 1 atom stereocenters. The van der Waals surface area contributed by atoms with E-state index in [9.17, 15) is 24.3 Å². The number of carbonyl (C=O) groups excluding carboxylic acids is 4. The van der Waals surface area contributed by atoms with Crippen LogP contribution < -0.4 is 11.1 Å². The number of phenols is 1. The molecule has 4 N–H and O–H groups in total. The highest BCUT2D eigenvalue weighted by Crippen LogP contribution is 2.18. The van der Waals surface area contributed by atoms with Crippen LogP contribution in [0.15, 0.2) is 18.2 Å². The van der Waals surface area contributed by atoms with Gasteiger partial charge in [0.2, 0.25) is 5.91 Å². The number of rotatable bonds is 7. The van der Waals surface area contributed by atoms with E-state index < -0.39 is 24.4 Å². The van der Waals surface area contributed by atoms with E-state index in [1.807, 2.05) is 0 Å². The fourth-order valence-electron chi connectivity index (χ4n) is 2.95. The van der Waals surface area contributed by atoms with E-state index in [1.54, 1.807) is 13.0 Å². The Morgan fingerprint density at radius 3 is 2.75 bits per heavy atom. The molecule has 0 aliphatic carbocycles. The van der Waals surface area contributed by atoms with Crippen LogP contribution in [0.25, 0.3) is 0 Å². The van der Waals surface area contributed by atoms with Crippen LogP contribution in [0.1, 0.15) is 35.2 Å². The highest BCUT2D eigenvalue weighted by molar-refractivity contribution is 5.97. The summed E-state index contributed by atoms with van der Waals surface area (Å²) < 4.78 is 4.93. The molecule has 0 bridgehead atoms. The summed E-state index contributed by atoms with van der Waals surface area (Å²) in [5.41, 5.74) is 6.21. The molecule has 0 spiro atoms. The lowest BCUT2D eigenvalue weighted by atomic mass is 9.97. The number of ether oxygens (including phenoxy) is 1. The summed E-state index contributed by atoms with van der Waals surface area (Å²) in [5.74, 6) is -2.47. The van der Waals surface area contributed by atoms with E-state index in [-0.39, 0.29) is 42.6 Å². The Balaban J connectivity index is 1.70. The van der Waals surface area contributed by atoms with Crippen molar-refractivity contribution in [2.24, 2.45) is 11.7 Å². The number of nitrogens with zero attached hydrogens (tertiary/aromatic N) is 1. The molecule has 0 radical (unpaired) electrons. The summed E-state index contributed by atoms with van der Waals surface area (Å²) in [4.78, 5) is 48.6. The number of nitrogens with one attached hydrogen (secondary N) is 1. The first kappa shape index (κ1) is 21.2.